The van der Waals surface area contributed by atoms with Gasteiger partial charge in [-0.25, -0.2) is 17.4 Å². The zero-order chi connectivity index (χ0) is 30.1. The van der Waals surface area contributed by atoms with E-state index >= 15 is 0 Å². The second-order valence-corrected chi connectivity index (χ2v) is 13.1. The molecule has 4 aromatic carbocycles. The van der Waals surface area contributed by atoms with Crippen molar-refractivity contribution in [2.75, 3.05) is 6.61 Å². The van der Waals surface area contributed by atoms with Crippen molar-refractivity contribution in [1.82, 2.24) is 13.5 Å². The maximum absolute atomic E-state index is 14.1. The van der Waals surface area contributed by atoms with Crippen molar-refractivity contribution in [3.63, 3.8) is 0 Å². The number of aliphatic hydroxyl groups is 1. The summed E-state index contributed by atoms with van der Waals surface area (Å²) >= 11 is 12.6. The summed E-state index contributed by atoms with van der Waals surface area (Å²) in [6.07, 6.45) is 2.74. The predicted octanol–water partition coefficient (Wildman–Crippen LogP) is 8.00. The lowest BCUT2D eigenvalue weighted by Crippen LogP contribution is -2.12. The summed E-state index contributed by atoms with van der Waals surface area (Å²) in [5, 5.41) is 11.5. The van der Waals surface area contributed by atoms with Crippen molar-refractivity contribution < 1.29 is 13.5 Å². The van der Waals surface area contributed by atoms with Crippen molar-refractivity contribution in [3.05, 3.63) is 130 Å². The van der Waals surface area contributed by atoms with Crippen LogP contribution in [0.25, 0.3) is 33.4 Å². The number of hydrogen-bond acceptors (Lipinski definition) is 4. The van der Waals surface area contributed by atoms with Gasteiger partial charge in [0.15, 0.2) is 0 Å². The molecule has 2 aromatic heterocycles. The number of aromatic nitrogens is 3. The van der Waals surface area contributed by atoms with Gasteiger partial charge in [0.25, 0.3) is 10.0 Å². The molecule has 0 unspecified atom stereocenters. The normalized spacial score (nSPS) is 11.8. The largest absolute Gasteiger partial charge is 0.396 e. The van der Waals surface area contributed by atoms with Gasteiger partial charge in [-0.3, -0.25) is 0 Å². The molecule has 0 saturated carbocycles. The van der Waals surface area contributed by atoms with E-state index in [4.69, 9.17) is 28.2 Å². The summed E-state index contributed by atoms with van der Waals surface area (Å²) in [5.41, 5.74) is 5.55. The first-order chi connectivity index (χ1) is 20.8. The molecule has 2 heterocycles. The zero-order valence-electron chi connectivity index (χ0n) is 23.4. The molecule has 0 saturated heterocycles. The highest BCUT2D eigenvalue weighted by molar-refractivity contribution is 7.90. The summed E-state index contributed by atoms with van der Waals surface area (Å²) < 4.78 is 31.6. The van der Waals surface area contributed by atoms with Crippen LogP contribution in [0.15, 0.2) is 108 Å². The fourth-order valence-corrected chi connectivity index (χ4v) is 6.98. The van der Waals surface area contributed by atoms with Gasteiger partial charge >= 0.3 is 0 Å². The van der Waals surface area contributed by atoms with Crippen LogP contribution in [-0.2, 0) is 23.0 Å². The van der Waals surface area contributed by atoms with Gasteiger partial charge in [0.05, 0.1) is 21.8 Å². The van der Waals surface area contributed by atoms with Crippen molar-refractivity contribution >= 4 is 44.1 Å². The van der Waals surface area contributed by atoms with Gasteiger partial charge < -0.3 is 9.67 Å². The molecule has 6 nitrogen and oxygen atoms in total. The highest BCUT2D eigenvalue weighted by atomic mass is 35.5. The average molecular weight is 631 g/mol. The summed E-state index contributed by atoms with van der Waals surface area (Å²) in [6.45, 7) is 2.41. The van der Waals surface area contributed by atoms with Gasteiger partial charge in [0.1, 0.15) is 5.82 Å². The van der Waals surface area contributed by atoms with Crippen molar-refractivity contribution in [3.8, 4) is 22.5 Å². The van der Waals surface area contributed by atoms with Crippen LogP contribution in [-0.4, -0.2) is 33.7 Å². The molecule has 6 aromatic rings. The molecule has 0 radical (unpaired) electrons. The first-order valence-corrected chi connectivity index (χ1v) is 16.1. The number of imidazole rings is 1. The van der Waals surface area contributed by atoms with Crippen molar-refractivity contribution in [2.24, 2.45) is 0 Å². The van der Waals surface area contributed by atoms with Gasteiger partial charge in [-0.2, -0.15) is 0 Å². The number of rotatable bonds is 9. The summed E-state index contributed by atoms with van der Waals surface area (Å²) in [7, 11) is -3.97. The number of fused-ring (bicyclic) bond motifs is 1. The minimum Gasteiger partial charge on any atom is -0.396 e. The molecule has 1 N–H and O–H groups in total. The molecule has 218 valence electrons. The molecule has 0 aliphatic heterocycles. The highest BCUT2D eigenvalue weighted by Crippen LogP contribution is 2.40. The van der Waals surface area contributed by atoms with Crippen LogP contribution >= 0.6 is 23.2 Å². The molecule has 43 heavy (non-hydrogen) atoms. The van der Waals surface area contributed by atoms with Crippen LogP contribution < -0.4 is 0 Å². The lowest BCUT2D eigenvalue weighted by molar-refractivity contribution is 0.287. The molecule has 0 bridgehead atoms. The van der Waals surface area contributed by atoms with E-state index in [0.29, 0.717) is 40.5 Å². The fraction of sp³-hybridized carbons (Fsp3) is 0.147. The molecule has 0 spiro atoms. The minimum absolute atomic E-state index is 0.0242. The number of halogens is 2. The Labute approximate surface area is 260 Å². The monoisotopic (exact) mass is 629 g/mol. The van der Waals surface area contributed by atoms with Gasteiger partial charge in [-0.15, -0.1) is 0 Å². The minimum atomic E-state index is -3.97. The Kier molecular flexibility index (Phi) is 8.16. The smallest absolute Gasteiger partial charge is 0.268 e. The summed E-state index contributed by atoms with van der Waals surface area (Å²) in [4.78, 5) is 5.30. The summed E-state index contributed by atoms with van der Waals surface area (Å²) in [6, 6.07) is 29.6. The van der Waals surface area contributed by atoms with Crippen LogP contribution in [0, 0.1) is 6.92 Å². The third kappa shape index (κ3) is 5.74. The first-order valence-electron chi connectivity index (χ1n) is 13.9. The maximum Gasteiger partial charge on any atom is 0.268 e. The maximum atomic E-state index is 14.1. The molecular weight excluding hydrogens is 601 g/mol. The SMILES string of the molecule is Cc1ccc(S(=O)(=O)n2cc(-c3c(-c4ccccc4)nc(CCCO)n3Cc3ccc(Cl)cc3)c3ccc(Cl)cc32)cc1. The molecule has 0 aliphatic rings. The quantitative estimate of drug-likeness (QED) is 0.176. The van der Waals surface area contributed by atoms with Crippen molar-refractivity contribution in [1.29, 1.82) is 0 Å². The first kappa shape index (κ1) is 29.2. The van der Waals surface area contributed by atoms with Gasteiger partial charge in [0, 0.05) is 52.3 Å². The number of nitrogens with zero attached hydrogens (tertiary/aromatic N) is 3. The lowest BCUT2D eigenvalue weighted by Gasteiger charge is -2.13. The standard InChI is InChI=1S/C34H29Cl2N3O3S/c1-23-9-16-28(17-10-23)43(41,42)39-22-30(29-18-15-27(36)20-31(29)39)34-33(25-6-3-2-4-7-25)37-32(8-5-19-40)38(34)21-24-11-13-26(35)14-12-24/h2-4,6-7,9-18,20,22,40H,5,8,19,21H2,1H3. The Morgan fingerprint density at radius 2 is 1.56 bits per heavy atom. The van der Waals surface area contributed by atoms with Crippen LogP contribution in [0.5, 0.6) is 0 Å². The molecule has 6 rings (SSSR count). The summed E-state index contributed by atoms with van der Waals surface area (Å²) in [5.74, 6) is 0.786. The van der Waals surface area contributed by atoms with E-state index < -0.39 is 10.0 Å². The number of aliphatic hydroxyl groups excluding tert-OH is 1. The van der Waals surface area contributed by atoms with E-state index in [2.05, 4.69) is 4.57 Å². The molecule has 0 atom stereocenters. The van der Waals surface area contributed by atoms with E-state index in [9.17, 15) is 13.5 Å². The van der Waals surface area contributed by atoms with E-state index in [-0.39, 0.29) is 11.5 Å². The topological polar surface area (TPSA) is 77.1 Å². The van der Waals surface area contributed by atoms with Crippen molar-refractivity contribution in [2.45, 2.75) is 31.2 Å². The second-order valence-electron chi connectivity index (χ2n) is 10.4. The third-order valence-corrected chi connectivity index (χ3v) is 9.65. The van der Waals surface area contributed by atoms with Gasteiger partial charge in [-0.05, 0) is 55.3 Å². The molecular formula is C34H29Cl2N3O3S. The zero-order valence-corrected chi connectivity index (χ0v) is 25.7. The Morgan fingerprint density at radius 1 is 0.860 bits per heavy atom. The predicted molar refractivity (Wildman–Crippen MR) is 173 cm³/mol. The van der Waals surface area contributed by atoms with E-state index in [1.165, 1.54) is 3.97 Å². The van der Waals surface area contributed by atoms with Crippen LogP contribution in [0.3, 0.4) is 0 Å². The second kappa shape index (κ2) is 12.0. The van der Waals surface area contributed by atoms with E-state index in [0.717, 1.165) is 39.3 Å². The number of benzene rings is 4. The molecule has 0 amide bonds. The Balaban J connectivity index is 1.66. The number of hydrogen-bond donors (Lipinski definition) is 1. The molecule has 0 aliphatic carbocycles. The van der Waals surface area contributed by atoms with E-state index in [1.807, 2.05) is 67.6 Å². The van der Waals surface area contributed by atoms with Crippen LogP contribution in [0.1, 0.15) is 23.4 Å². The Hall–Kier alpha value is -3.88. The Bertz CT molecular complexity index is 2020. The third-order valence-electron chi connectivity index (χ3n) is 7.47. The molecule has 9 heteroatoms. The average Bonchev–Trinajstić information content (AvgIpc) is 3.56. The Morgan fingerprint density at radius 3 is 2.26 bits per heavy atom. The fourth-order valence-electron chi connectivity index (χ4n) is 5.32. The van der Waals surface area contributed by atoms with E-state index in [1.54, 1.807) is 42.6 Å². The highest BCUT2D eigenvalue weighted by Gasteiger charge is 2.27. The lowest BCUT2D eigenvalue weighted by atomic mass is 10.0. The van der Waals surface area contributed by atoms with Crippen LogP contribution in [0.4, 0.5) is 0 Å². The van der Waals surface area contributed by atoms with Crippen LogP contribution in [0.2, 0.25) is 10.0 Å². The van der Waals surface area contributed by atoms with Gasteiger partial charge in [0.2, 0.25) is 0 Å². The van der Waals surface area contributed by atoms with Gasteiger partial charge in [-0.1, -0.05) is 89.4 Å². The molecule has 0 fully saturated rings. The number of aryl methyl sites for hydroxylation is 2.